The molecule has 5 nitrogen and oxygen atoms in total. The lowest BCUT2D eigenvalue weighted by molar-refractivity contribution is -0.135. The standard InChI is InChI=1S/C25H34O5/c1-24(2,17-19-5-9-21(10-6-19)29-15-13-26)23(28)25(3,4)18-20-7-11-22(12-8-20)30-16-14-27/h5-12,26-27H,13-18H2,1-4H3. The van der Waals surface area contributed by atoms with Gasteiger partial charge in [0.15, 0.2) is 0 Å². The summed E-state index contributed by atoms with van der Waals surface area (Å²) in [5.74, 6) is 1.64. The van der Waals surface area contributed by atoms with Crippen molar-refractivity contribution in [3.05, 3.63) is 59.7 Å². The highest BCUT2D eigenvalue weighted by Crippen LogP contribution is 2.35. The molecule has 0 aliphatic carbocycles. The van der Waals surface area contributed by atoms with Crippen molar-refractivity contribution in [3.8, 4) is 11.5 Å². The van der Waals surface area contributed by atoms with E-state index in [0.717, 1.165) is 11.1 Å². The number of ketones is 1. The number of rotatable bonds is 12. The summed E-state index contributed by atoms with van der Waals surface area (Å²) >= 11 is 0. The molecule has 0 radical (unpaired) electrons. The zero-order valence-corrected chi connectivity index (χ0v) is 18.5. The molecule has 0 amide bonds. The van der Waals surface area contributed by atoms with E-state index in [1.54, 1.807) is 0 Å². The maximum absolute atomic E-state index is 13.4. The number of benzene rings is 2. The minimum atomic E-state index is -0.513. The first-order valence-electron chi connectivity index (χ1n) is 10.4. The quantitative estimate of drug-likeness (QED) is 0.552. The van der Waals surface area contributed by atoms with Gasteiger partial charge in [-0.05, 0) is 48.2 Å². The fraction of sp³-hybridized carbons (Fsp3) is 0.480. The molecule has 0 saturated heterocycles. The number of aliphatic hydroxyl groups is 2. The number of ether oxygens (including phenoxy) is 2. The maximum atomic E-state index is 13.4. The van der Waals surface area contributed by atoms with Gasteiger partial charge in [-0.2, -0.15) is 0 Å². The number of carbonyl (C=O) groups excluding carboxylic acids is 1. The normalized spacial score (nSPS) is 11.9. The lowest BCUT2D eigenvalue weighted by atomic mass is 9.68. The molecular formula is C25H34O5. The van der Waals surface area contributed by atoms with Crippen molar-refractivity contribution in [2.24, 2.45) is 10.8 Å². The van der Waals surface area contributed by atoms with Crippen LogP contribution in [-0.2, 0) is 17.6 Å². The number of Topliss-reactive ketones (excluding diaryl/α,β-unsaturated/α-hetero) is 1. The van der Waals surface area contributed by atoms with Gasteiger partial charge in [0.2, 0.25) is 0 Å². The van der Waals surface area contributed by atoms with Crippen LogP contribution in [0.25, 0.3) is 0 Å². The third-order valence-electron chi connectivity index (χ3n) is 5.09. The van der Waals surface area contributed by atoms with Gasteiger partial charge in [0.1, 0.15) is 30.5 Å². The van der Waals surface area contributed by atoms with Crippen molar-refractivity contribution in [3.63, 3.8) is 0 Å². The van der Waals surface area contributed by atoms with Crippen LogP contribution in [0.15, 0.2) is 48.5 Å². The Bertz CT molecular complexity index is 724. The van der Waals surface area contributed by atoms with Crippen LogP contribution >= 0.6 is 0 Å². The van der Waals surface area contributed by atoms with Crippen LogP contribution in [0, 0.1) is 10.8 Å². The van der Waals surface area contributed by atoms with Gasteiger partial charge in [-0.1, -0.05) is 52.0 Å². The van der Waals surface area contributed by atoms with E-state index >= 15 is 0 Å². The molecule has 2 aromatic carbocycles. The van der Waals surface area contributed by atoms with Gasteiger partial charge in [0.25, 0.3) is 0 Å². The molecule has 164 valence electrons. The summed E-state index contributed by atoms with van der Waals surface area (Å²) in [5, 5.41) is 17.7. The smallest absolute Gasteiger partial charge is 0.144 e. The van der Waals surface area contributed by atoms with E-state index < -0.39 is 10.8 Å². The fourth-order valence-electron chi connectivity index (χ4n) is 3.83. The molecule has 2 N–H and O–H groups in total. The molecule has 0 unspecified atom stereocenters. The lowest BCUT2D eigenvalue weighted by Crippen LogP contribution is -2.39. The molecule has 5 heteroatoms. The second-order valence-electron chi connectivity index (χ2n) is 8.88. The summed E-state index contributed by atoms with van der Waals surface area (Å²) in [6, 6.07) is 15.4. The van der Waals surface area contributed by atoms with Crippen LogP contribution in [0.1, 0.15) is 38.8 Å². The van der Waals surface area contributed by atoms with E-state index in [0.29, 0.717) is 24.3 Å². The van der Waals surface area contributed by atoms with Crippen molar-refractivity contribution in [1.82, 2.24) is 0 Å². The van der Waals surface area contributed by atoms with Gasteiger partial charge in [-0.25, -0.2) is 0 Å². The third kappa shape index (κ3) is 6.85. The number of hydrogen-bond donors (Lipinski definition) is 2. The molecule has 0 aliphatic heterocycles. The van der Waals surface area contributed by atoms with Crippen molar-refractivity contribution in [2.75, 3.05) is 26.4 Å². The maximum Gasteiger partial charge on any atom is 0.144 e. The fourth-order valence-corrected chi connectivity index (χ4v) is 3.83. The summed E-state index contributed by atoms with van der Waals surface area (Å²) < 4.78 is 10.8. The Kier molecular flexibility index (Phi) is 8.44. The molecule has 2 aromatic rings. The highest BCUT2D eigenvalue weighted by molar-refractivity contribution is 5.89. The lowest BCUT2D eigenvalue weighted by Gasteiger charge is -2.33. The van der Waals surface area contributed by atoms with Gasteiger partial charge < -0.3 is 19.7 Å². The first-order chi connectivity index (χ1) is 14.2. The third-order valence-corrected chi connectivity index (χ3v) is 5.09. The molecule has 0 saturated carbocycles. The van der Waals surface area contributed by atoms with Crippen LogP contribution in [0.5, 0.6) is 11.5 Å². The minimum Gasteiger partial charge on any atom is -0.491 e. The van der Waals surface area contributed by atoms with Crippen molar-refractivity contribution in [2.45, 2.75) is 40.5 Å². The minimum absolute atomic E-state index is 0.0171. The van der Waals surface area contributed by atoms with E-state index in [4.69, 9.17) is 19.7 Å². The van der Waals surface area contributed by atoms with Gasteiger partial charge in [0.05, 0.1) is 13.2 Å². The van der Waals surface area contributed by atoms with Gasteiger partial charge >= 0.3 is 0 Å². The average molecular weight is 415 g/mol. The highest BCUT2D eigenvalue weighted by Gasteiger charge is 2.39. The predicted molar refractivity (Wildman–Crippen MR) is 118 cm³/mol. The van der Waals surface area contributed by atoms with Crippen LogP contribution < -0.4 is 9.47 Å². The zero-order chi connectivity index (χ0) is 22.2. The molecule has 0 aliphatic rings. The summed E-state index contributed by atoms with van der Waals surface area (Å²) in [5.41, 5.74) is 1.12. The first kappa shape index (κ1) is 23.9. The summed E-state index contributed by atoms with van der Waals surface area (Å²) in [6.45, 7) is 8.50. The van der Waals surface area contributed by atoms with Crippen LogP contribution in [0.2, 0.25) is 0 Å². The average Bonchev–Trinajstić information content (AvgIpc) is 2.71. The van der Waals surface area contributed by atoms with E-state index in [2.05, 4.69) is 0 Å². The van der Waals surface area contributed by atoms with Crippen LogP contribution in [-0.4, -0.2) is 42.4 Å². The molecule has 0 spiro atoms. The van der Waals surface area contributed by atoms with E-state index in [1.165, 1.54) is 0 Å². The van der Waals surface area contributed by atoms with E-state index in [-0.39, 0.29) is 32.2 Å². The molecule has 0 aromatic heterocycles. The van der Waals surface area contributed by atoms with Gasteiger partial charge in [-0.3, -0.25) is 4.79 Å². The predicted octanol–water partition coefficient (Wildman–Crippen LogP) is 3.84. The number of hydrogen-bond acceptors (Lipinski definition) is 5. The molecule has 0 heterocycles. The summed E-state index contributed by atoms with van der Waals surface area (Å²) in [7, 11) is 0. The second-order valence-corrected chi connectivity index (χ2v) is 8.88. The Morgan fingerprint density at radius 1 is 0.700 bits per heavy atom. The topological polar surface area (TPSA) is 76.0 Å². The Balaban J connectivity index is 2.02. The second kappa shape index (κ2) is 10.6. The SMILES string of the molecule is CC(C)(Cc1ccc(OCCO)cc1)C(=O)C(C)(C)Cc1ccc(OCCO)cc1. The van der Waals surface area contributed by atoms with Gasteiger partial charge in [-0.15, -0.1) is 0 Å². The van der Waals surface area contributed by atoms with E-state index in [1.807, 2.05) is 76.2 Å². The number of carbonyl (C=O) groups is 1. The monoisotopic (exact) mass is 414 g/mol. The van der Waals surface area contributed by atoms with Crippen molar-refractivity contribution >= 4 is 5.78 Å². The molecular weight excluding hydrogens is 380 g/mol. The van der Waals surface area contributed by atoms with Gasteiger partial charge in [0, 0.05) is 10.8 Å². The van der Waals surface area contributed by atoms with Crippen molar-refractivity contribution in [1.29, 1.82) is 0 Å². The first-order valence-corrected chi connectivity index (χ1v) is 10.4. The van der Waals surface area contributed by atoms with Crippen molar-refractivity contribution < 1.29 is 24.5 Å². The summed E-state index contributed by atoms with van der Waals surface area (Å²) in [4.78, 5) is 13.4. The Hall–Kier alpha value is -2.37. The largest absolute Gasteiger partial charge is 0.491 e. The Morgan fingerprint density at radius 2 is 1.03 bits per heavy atom. The molecule has 30 heavy (non-hydrogen) atoms. The zero-order valence-electron chi connectivity index (χ0n) is 18.5. The highest BCUT2D eigenvalue weighted by atomic mass is 16.5. The summed E-state index contributed by atoms with van der Waals surface area (Å²) in [6.07, 6.45) is 1.28. The van der Waals surface area contributed by atoms with Crippen LogP contribution in [0.4, 0.5) is 0 Å². The molecule has 0 fully saturated rings. The Labute approximate surface area is 179 Å². The van der Waals surface area contributed by atoms with Crippen LogP contribution in [0.3, 0.4) is 0 Å². The molecule has 2 rings (SSSR count). The molecule has 0 atom stereocenters. The van der Waals surface area contributed by atoms with E-state index in [9.17, 15) is 4.79 Å². The Morgan fingerprint density at radius 3 is 1.33 bits per heavy atom. The molecule has 0 bridgehead atoms. The number of aliphatic hydroxyl groups excluding tert-OH is 2.